The van der Waals surface area contributed by atoms with Crippen LogP contribution in [0.2, 0.25) is 0 Å². The summed E-state index contributed by atoms with van der Waals surface area (Å²) in [6.07, 6.45) is 0. The number of methoxy groups -OCH3 is 1. The average molecular weight is 374 g/mol. The van der Waals surface area contributed by atoms with Gasteiger partial charge in [-0.05, 0) is 43.3 Å². The van der Waals surface area contributed by atoms with E-state index in [0.717, 1.165) is 5.75 Å². The number of para-hydroxylation sites is 2. The monoisotopic (exact) mass is 374 g/mol. The number of anilines is 2. The summed E-state index contributed by atoms with van der Waals surface area (Å²) < 4.78 is 10.5. The average Bonchev–Trinajstić information content (AvgIpc) is 2.64. The van der Waals surface area contributed by atoms with Gasteiger partial charge in [-0.15, -0.1) is 11.8 Å². The maximum Gasteiger partial charge on any atom is 0.234 e. The van der Waals surface area contributed by atoms with Crippen LogP contribution in [0.5, 0.6) is 11.5 Å². The number of ether oxygens (including phenoxy) is 2. The van der Waals surface area contributed by atoms with Crippen molar-refractivity contribution in [3.05, 3.63) is 48.5 Å². The minimum Gasteiger partial charge on any atom is -0.495 e. The Hall–Kier alpha value is -2.67. The molecule has 0 aliphatic carbocycles. The van der Waals surface area contributed by atoms with Crippen molar-refractivity contribution >= 4 is 35.0 Å². The van der Waals surface area contributed by atoms with E-state index in [2.05, 4.69) is 10.6 Å². The lowest BCUT2D eigenvalue weighted by atomic mass is 10.3. The summed E-state index contributed by atoms with van der Waals surface area (Å²) in [5.74, 6) is 1.37. The van der Waals surface area contributed by atoms with Gasteiger partial charge in [0.05, 0.1) is 30.9 Å². The number of thioether (sulfide) groups is 1. The maximum atomic E-state index is 12.0. The third-order valence-corrected chi connectivity index (χ3v) is 4.23. The van der Waals surface area contributed by atoms with Crippen LogP contribution in [0.1, 0.15) is 6.92 Å². The summed E-state index contributed by atoms with van der Waals surface area (Å²) >= 11 is 1.24. The first-order valence-corrected chi connectivity index (χ1v) is 9.31. The van der Waals surface area contributed by atoms with Crippen LogP contribution in [0.3, 0.4) is 0 Å². The van der Waals surface area contributed by atoms with E-state index in [1.54, 1.807) is 43.5 Å². The summed E-state index contributed by atoms with van der Waals surface area (Å²) in [7, 11) is 1.55. The highest BCUT2D eigenvalue weighted by atomic mass is 32.2. The van der Waals surface area contributed by atoms with Gasteiger partial charge in [0.15, 0.2) is 0 Å². The zero-order valence-electron chi connectivity index (χ0n) is 14.8. The molecule has 0 radical (unpaired) electrons. The van der Waals surface area contributed by atoms with E-state index in [1.807, 2.05) is 19.1 Å². The van der Waals surface area contributed by atoms with Crippen molar-refractivity contribution in [1.82, 2.24) is 0 Å². The first kappa shape index (κ1) is 19.7. The molecule has 0 unspecified atom stereocenters. The highest BCUT2D eigenvalue weighted by Gasteiger charge is 2.09. The van der Waals surface area contributed by atoms with Crippen LogP contribution in [0.15, 0.2) is 48.5 Å². The second-order valence-electron chi connectivity index (χ2n) is 5.25. The van der Waals surface area contributed by atoms with Crippen LogP contribution in [-0.2, 0) is 9.59 Å². The highest BCUT2D eigenvalue weighted by molar-refractivity contribution is 8.00. The van der Waals surface area contributed by atoms with Crippen LogP contribution < -0.4 is 20.1 Å². The molecule has 2 amide bonds. The summed E-state index contributed by atoms with van der Waals surface area (Å²) in [5, 5.41) is 5.56. The van der Waals surface area contributed by atoms with Gasteiger partial charge in [-0.1, -0.05) is 12.1 Å². The molecule has 138 valence electrons. The number of hydrogen-bond acceptors (Lipinski definition) is 5. The molecule has 0 aliphatic heterocycles. The van der Waals surface area contributed by atoms with Crippen LogP contribution in [-0.4, -0.2) is 37.0 Å². The lowest BCUT2D eigenvalue weighted by molar-refractivity contribution is -0.114. The molecule has 0 aliphatic rings. The van der Waals surface area contributed by atoms with Gasteiger partial charge >= 0.3 is 0 Å². The van der Waals surface area contributed by atoms with E-state index in [-0.39, 0.29) is 23.3 Å². The second-order valence-corrected chi connectivity index (χ2v) is 6.23. The summed E-state index contributed by atoms with van der Waals surface area (Å²) in [6.45, 7) is 2.51. The second kappa shape index (κ2) is 10.4. The number of hydrogen-bond donors (Lipinski definition) is 2. The van der Waals surface area contributed by atoms with E-state index in [9.17, 15) is 9.59 Å². The van der Waals surface area contributed by atoms with E-state index in [0.29, 0.717) is 23.7 Å². The first-order chi connectivity index (χ1) is 12.6. The molecular weight excluding hydrogens is 352 g/mol. The third-order valence-electron chi connectivity index (χ3n) is 3.30. The molecule has 0 aromatic heterocycles. The zero-order valence-corrected chi connectivity index (χ0v) is 15.6. The Balaban J connectivity index is 1.73. The molecule has 0 saturated carbocycles. The number of amides is 2. The Labute approximate surface area is 157 Å². The van der Waals surface area contributed by atoms with Crippen molar-refractivity contribution in [3.63, 3.8) is 0 Å². The summed E-state index contributed by atoms with van der Waals surface area (Å²) in [4.78, 5) is 23.9. The number of carbonyl (C=O) groups excluding carboxylic acids is 2. The number of rotatable bonds is 9. The normalized spacial score (nSPS) is 10.1. The molecule has 0 heterocycles. The molecule has 26 heavy (non-hydrogen) atoms. The molecule has 0 atom stereocenters. The largest absolute Gasteiger partial charge is 0.495 e. The topological polar surface area (TPSA) is 76.7 Å². The van der Waals surface area contributed by atoms with Crippen LogP contribution in [0, 0.1) is 0 Å². The van der Waals surface area contributed by atoms with Crippen molar-refractivity contribution in [2.75, 3.05) is 35.9 Å². The Morgan fingerprint density at radius 3 is 2.27 bits per heavy atom. The lowest BCUT2D eigenvalue weighted by Crippen LogP contribution is -2.18. The Morgan fingerprint density at radius 1 is 0.962 bits per heavy atom. The molecular formula is C19H22N2O4S. The van der Waals surface area contributed by atoms with Gasteiger partial charge in [-0.2, -0.15) is 0 Å². The molecule has 2 aromatic carbocycles. The Bertz CT molecular complexity index is 735. The quantitative estimate of drug-likeness (QED) is 0.703. The van der Waals surface area contributed by atoms with Gasteiger partial charge in [0.1, 0.15) is 11.5 Å². The fourth-order valence-electron chi connectivity index (χ4n) is 2.17. The molecule has 0 spiro atoms. The summed E-state index contributed by atoms with van der Waals surface area (Å²) in [6, 6.07) is 14.3. The fraction of sp³-hybridized carbons (Fsp3) is 0.263. The van der Waals surface area contributed by atoms with Crippen molar-refractivity contribution < 1.29 is 19.1 Å². The predicted octanol–water partition coefficient (Wildman–Crippen LogP) is 3.40. The summed E-state index contributed by atoms with van der Waals surface area (Å²) in [5.41, 5.74) is 1.30. The minimum absolute atomic E-state index is 0.163. The van der Waals surface area contributed by atoms with Crippen molar-refractivity contribution in [1.29, 1.82) is 0 Å². The molecule has 0 fully saturated rings. The number of carbonyl (C=O) groups is 2. The molecule has 2 N–H and O–H groups in total. The van der Waals surface area contributed by atoms with Crippen LogP contribution in [0.25, 0.3) is 0 Å². The Kier molecular flexibility index (Phi) is 7.82. The molecule has 7 heteroatoms. The van der Waals surface area contributed by atoms with Gasteiger partial charge in [0.2, 0.25) is 11.8 Å². The minimum atomic E-state index is -0.187. The molecule has 0 saturated heterocycles. The van der Waals surface area contributed by atoms with E-state index in [4.69, 9.17) is 9.47 Å². The number of benzene rings is 2. The third kappa shape index (κ3) is 6.33. The van der Waals surface area contributed by atoms with Gasteiger partial charge in [-0.25, -0.2) is 0 Å². The van der Waals surface area contributed by atoms with Gasteiger partial charge in [0, 0.05) is 5.69 Å². The molecule has 2 rings (SSSR count). The van der Waals surface area contributed by atoms with Gasteiger partial charge < -0.3 is 20.1 Å². The zero-order chi connectivity index (χ0) is 18.8. The maximum absolute atomic E-state index is 12.0. The first-order valence-electron chi connectivity index (χ1n) is 8.15. The number of nitrogens with one attached hydrogen (secondary N) is 2. The van der Waals surface area contributed by atoms with E-state index >= 15 is 0 Å². The molecule has 0 bridgehead atoms. The fourth-order valence-corrected chi connectivity index (χ4v) is 2.79. The van der Waals surface area contributed by atoms with Gasteiger partial charge in [-0.3, -0.25) is 9.59 Å². The SMILES string of the molecule is CCOc1ccc(NC(=O)CSCC(=O)Nc2ccccc2OC)cc1. The van der Waals surface area contributed by atoms with Crippen LogP contribution >= 0.6 is 11.8 Å². The molecule has 2 aromatic rings. The Morgan fingerprint density at radius 2 is 1.62 bits per heavy atom. The molecule has 6 nitrogen and oxygen atoms in total. The van der Waals surface area contributed by atoms with Crippen molar-refractivity contribution in [2.24, 2.45) is 0 Å². The van der Waals surface area contributed by atoms with Crippen LogP contribution in [0.4, 0.5) is 11.4 Å². The van der Waals surface area contributed by atoms with Crippen molar-refractivity contribution in [2.45, 2.75) is 6.92 Å². The van der Waals surface area contributed by atoms with Crippen molar-refractivity contribution in [3.8, 4) is 11.5 Å². The smallest absolute Gasteiger partial charge is 0.234 e. The standard InChI is InChI=1S/C19H22N2O4S/c1-3-25-15-10-8-14(9-11-15)20-18(22)12-26-13-19(23)21-16-6-4-5-7-17(16)24-2/h4-11H,3,12-13H2,1-2H3,(H,20,22)(H,21,23). The predicted molar refractivity (Wildman–Crippen MR) is 105 cm³/mol. The van der Waals surface area contributed by atoms with Gasteiger partial charge in [0.25, 0.3) is 0 Å². The van der Waals surface area contributed by atoms with E-state index in [1.165, 1.54) is 11.8 Å². The highest BCUT2D eigenvalue weighted by Crippen LogP contribution is 2.23. The lowest BCUT2D eigenvalue weighted by Gasteiger charge is -2.10. The van der Waals surface area contributed by atoms with E-state index < -0.39 is 0 Å².